The van der Waals surface area contributed by atoms with E-state index in [1.165, 1.54) is 12.3 Å². The first-order chi connectivity index (χ1) is 12.2. The molecule has 4 aromatic rings. The van der Waals surface area contributed by atoms with Gasteiger partial charge in [0, 0.05) is 29.1 Å². The number of rotatable bonds is 2. The lowest BCUT2D eigenvalue weighted by molar-refractivity contribution is 0.631. The summed E-state index contributed by atoms with van der Waals surface area (Å²) < 4.78 is 16.0. The quantitative estimate of drug-likeness (QED) is 0.612. The second-order valence-electron chi connectivity index (χ2n) is 5.48. The number of nitriles is 1. The summed E-state index contributed by atoms with van der Waals surface area (Å²) in [6, 6.07) is 13.6. The number of fused-ring (bicyclic) bond motifs is 1. The molecule has 2 heterocycles. The molecular formula is C19H11FN4O. The minimum atomic E-state index is -0.418. The molecule has 5 nitrogen and oxygen atoms in total. The molecule has 0 fully saturated rings. The number of hydrogen-bond donors (Lipinski definition) is 1. The van der Waals surface area contributed by atoms with Gasteiger partial charge in [0.25, 0.3) is 5.56 Å². The summed E-state index contributed by atoms with van der Waals surface area (Å²) in [4.78, 5) is 18.5. The lowest BCUT2D eigenvalue weighted by Crippen LogP contribution is -2.08. The maximum absolute atomic E-state index is 14.4. The molecule has 4 rings (SSSR count). The molecule has 0 bridgehead atoms. The standard InChI is InChI=1S/C19H11FN4O/c20-16-6-5-12(9-15(16)14-4-2-1-3-13(14)10-21)17-11-23-18-19(25)22-7-8-24(17)18/h1-9,11H,(H,22,25). The van der Waals surface area contributed by atoms with E-state index < -0.39 is 5.82 Å². The summed E-state index contributed by atoms with van der Waals surface area (Å²) >= 11 is 0. The van der Waals surface area contributed by atoms with Crippen molar-refractivity contribution < 1.29 is 4.39 Å². The zero-order chi connectivity index (χ0) is 17.4. The Morgan fingerprint density at radius 1 is 1.16 bits per heavy atom. The molecule has 0 saturated carbocycles. The van der Waals surface area contributed by atoms with Crippen LogP contribution in [-0.4, -0.2) is 14.4 Å². The van der Waals surface area contributed by atoms with Gasteiger partial charge in [0.15, 0.2) is 0 Å². The van der Waals surface area contributed by atoms with Gasteiger partial charge >= 0.3 is 0 Å². The van der Waals surface area contributed by atoms with E-state index in [2.05, 4.69) is 16.0 Å². The second kappa shape index (κ2) is 5.73. The molecule has 2 aromatic heterocycles. The van der Waals surface area contributed by atoms with Gasteiger partial charge in [-0.1, -0.05) is 18.2 Å². The van der Waals surface area contributed by atoms with Crippen LogP contribution in [0.1, 0.15) is 5.56 Å². The molecular weight excluding hydrogens is 319 g/mol. The molecule has 2 aromatic carbocycles. The molecule has 0 aliphatic heterocycles. The maximum Gasteiger partial charge on any atom is 0.291 e. The van der Waals surface area contributed by atoms with Crippen LogP contribution in [0.15, 0.2) is 65.8 Å². The average molecular weight is 330 g/mol. The molecule has 0 unspecified atom stereocenters. The topological polar surface area (TPSA) is 73.9 Å². The van der Waals surface area contributed by atoms with Gasteiger partial charge in [0.1, 0.15) is 5.82 Å². The minimum Gasteiger partial charge on any atom is -0.324 e. The SMILES string of the molecule is N#Cc1ccccc1-c1cc(-c2cnc3c(=O)[nH]ccn23)ccc1F. The fourth-order valence-corrected chi connectivity index (χ4v) is 2.85. The number of nitrogens with one attached hydrogen (secondary N) is 1. The Hall–Kier alpha value is -3.72. The third-order valence-corrected chi connectivity index (χ3v) is 4.04. The first-order valence-electron chi connectivity index (χ1n) is 7.53. The molecule has 0 atom stereocenters. The number of imidazole rings is 1. The highest BCUT2D eigenvalue weighted by atomic mass is 19.1. The summed E-state index contributed by atoms with van der Waals surface area (Å²) in [6.07, 6.45) is 4.78. The van der Waals surface area contributed by atoms with Crippen LogP contribution < -0.4 is 5.56 Å². The molecule has 120 valence electrons. The molecule has 0 amide bonds. The smallest absolute Gasteiger partial charge is 0.291 e. The highest BCUT2D eigenvalue weighted by Crippen LogP contribution is 2.30. The highest BCUT2D eigenvalue weighted by molar-refractivity contribution is 5.76. The van der Waals surface area contributed by atoms with E-state index in [9.17, 15) is 14.4 Å². The van der Waals surface area contributed by atoms with Crippen LogP contribution in [-0.2, 0) is 0 Å². The van der Waals surface area contributed by atoms with E-state index in [4.69, 9.17) is 0 Å². The van der Waals surface area contributed by atoms with Crippen molar-refractivity contribution in [2.45, 2.75) is 0 Å². The lowest BCUT2D eigenvalue weighted by Gasteiger charge is -2.09. The minimum absolute atomic E-state index is 0.265. The van der Waals surface area contributed by atoms with Crippen molar-refractivity contribution in [3.8, 4) is 28.5 Å². The molecule has 0 spiro atoms. The summed E-state index contributed by atoms with van der Waals surface area (Å²) in [6.45, 7) is 0. The van der Waals surface area contributed by atoms with Crippen LogP contribution >= 0.6 is 0 Å². The van der Waals surface area contributed by atoms with E-state index >= 15 is 0 Å². The summed E-state index contributed by atoms with van der Waals surface area (Å²) in [5, 5.41) is 9.27. The molecule has 0 aliphatic carbocycles. The van der Waals surface area contributed by atoms with Gasteiger partial charge in [-0.25, -0.2) is 9.37 Å². The average Bonchev–Trinajstić information content (AvgIpc) is 3.08. The predicted octanol–water partition coefficient (Wildman–Crippen LogP) is 3.37. The Bertz CT molecular complexity index is 1200. The Labute approximate surface area is 141 Å². The van der Waals surface area contributed by atoms with Gasteiger partial charge < -0.3 is 4.98 Å². The third kappa shape index (κ3) is 2.39. The number of hydrogen-bond acceptors (Lipinski definition) is 3. The zero-order valence-electron chi connectivity index (χ0n) is 12.9. The fourth-order valence-electron chi connectivity index (χ4n) is 2.85. The number of nitrogens with zero attached hydrogens (tertiary/aromatic N) is 3. The van der Waals surface area contributed by atoms with Gasteiger partial charge in [-0.2, -0.15) is 5.26 Å². The van der Waals surface area contributed by atoms with Crippen LogP contribution in [0, 0.1) is 17.1 Å². The van der Waals surface area contributed by atoms with Crippen molar-refractivity contribution in [2.24, 2.45) is 0 Å². The van der Waals surface area contributed by atoms with Crippen LogP contribution in [0.2, 0.25) is 0 Å². The number of aromatic amines is 1. The third-order valence-electron chi connectivity index (χ3n) is 4.04. The summed E-state index contributed by atoms with van der Waals surface area (Å²) in [5.74, 6) is -0.418. The number of halogens is 1. The van der Waals surface area contributed by atoms with Crippen molar-refractivity contribution in [2.75, 3.05) is 0 Å². The lowest BCUT2D eigenvalue weighted by atomic mass is 9.97. The molecule has 1 N–H and O–H groups in total. The van der Waals surface area contributed by atoms with Gasteiger partial charge in [-0.3, -0.25) is 9.20 Å². The normalized spacial score (nSPS) is 10.7. The van der Waals surface area contributed by atoms with Crippen molar-refractivity contribution >= 4 is 5.65 Å². The number of H-pyrrole nitrogens is 1. The van der Waals surface area contributed by atoms with Gasteiger partial charge in [-0.15, -0.1) is 0 Å². The van der Waals surface area contributed by atoms with Gasteiger partial charge in [-0.05, 0) is 24.3 Å². The highest BCUT2D eigenvalue weighted by Gasteiger charge is 2.14. The second-order valence-corrected chi connectivity index (χ2v) is 5.48. The zero-order valence-corrected chi connectivity index (χ0v) is 12.9. The van der Waals surface area contributed by atoms with Crippen molar-refractivity contribution in [1.82, 2.24) is 14.4 Å². The Morgan fingerprint density at radius 3 is 2.84 bits per heavy atom. The monoisotopic (exact) mass is 330 g/mol. The molecule has 25 heavy (non-hydrogen) atoms. The van der Waals surface area contributed by atoms with Crippen LogP contribution in [0.3, 0.4) is 0 Å². The van der Waals surface area contributed by atoms with Crippen LogP contribution in [0.4, 0.5) is 4.39 Å². The van der Waals surface area contributed by atoms with Crippen molar-refractivity contribution in [1.29, 1.82) is 5.26 Å². The fraction of sp³-hybridized carbons (Fsp3) is 0. The van der Waals surface area contributed by atoms with Crippen molar-refractivity contribution in [3.63, 3.8) is 0 Å². The molecule has 0 saturated heterocycles. The molecule has 0 radical (unpaired) electrons. The van der Waals surface area contributed by atoms with Crippen molar-refractivity contribution in [3.05, 3.63) is 82.8 Å². The molecule has 0 aliphatic rings. The van der Waals surface area contributed by atoms with E-state index in [1.807, 2.05) is 0 Å². The summed E-state index contributed by atoms with van der Waals surface area (Å²) in [5.41, 5.74) is 2.57. The van der Waals surface area contributed by atoms with E-state index in [0.29, 0.717) is 27.9 Å². The van der Waals surface area contributed by atoms with E-state index in [0.717, 1.165) is 0 Å². The number of aromatic nitrogens is 3. The Balaban J connectivity index is 1.95. The Kier molecular flexibility index (Phi) is 3.40. The first-order valence-corrected chi connectivity index (χ1v) is 7.53. The summed E-state index contributed by atoms with van der Waals surface area (Å²) in [7, 11) is 0. The largest absolute Gasteiger partial charge is 0.324 e. The van der Waals surface area contributed by atoms with Crippen LogP contribution in [0.5, 0.6) is 0 Å². The molecule has 6 heteroatoms. The van der Waals surface area contributed by atoms with Crippen LogP contribution in [0.25, 0.3) is 28.0 Å². The van der Waals surface area contributed by atoms with E-state index in [-0.39, 0.29) is 11.2 Å². The first kappa shape index (κ1) is 14.8. The van der Waals surface area contributed by atoms with E-state index in [1.54, 1.807) is 53.2 Å². The Morgan fingerprint density at radius 2 is 2.00 bits per heavy atom. The number of benzene rings is 2. The van der Waals surface area contributed by atoms with Gasteiger partial charge in [0.2, 0.25) is 5.65 Å². The maximum atomic E-state index is 14.4. The predicted molar refractivity (Wildman–Crippen MR) is 91.4 cm³/mol. The van der Waals surface area contributed by atoms with Gasteiger partial charge in [0.05, 0.1) is 23.5 Å².